The van der Waals surface area contributed by atoms with E-state index in [0.29, 0.717) is 37.7 Å². The van der Waals surface area contributed by atoms with Gasteiger partial charge in [-0.1, -0.05) is 6.07 Å². The lowest BCUT2D eigenvalue weighted by Gasteiger charge is -2.35. The van der Waals surface area contributed by atoms with Crippen molar-refractivity contribution in [2.24, 2.45) is 0 Å². The Morgan fingerprint density at radius 1 is 1.32 bits per heavy atom. The van der Waals surface area contributed by atoms with Crippen LogP contribution in [0.1, 0.15) is 17.5 Å². The van der Waals surface area contributed by atoms with E-state index in [-0.39, 0.29) is 18.2 Å². The van der Waals surface area contributed by atoms with Gasteiger partial charge in [-0.15, -0.1) is 0 Å². The van der Waals surface area contributed by atoms with Crippen LogP contribution in [0.3, 0.4) is 0 Å². The average molecular weight is 387 g/mol. The first-order valence-corrected chi connectivity index (χ1v) is 9.11. The lowest BCUT2D eigenvalue weighted by molar-refractivity contribution is -0.134. The van der Waals surface area contributed by atoms with Gasteiger partial charge in [0.05, 0.1) is 39.2 Å². The predicted molar refractivity (Wildman–Crippen MR) is 102 cm³/mol. The summed E-state index contributed by atoms with van der Waals surface area (Å²) < 4.78 is 15.7. The largest absolute Gasteiger partial charge is 0.497 e. The highest BCUT2D eigenvalue weighted by Crippen LogP contribution is 2.27. The molecule has 2 heterocycles. The standard InChI is InChI=1S/C20H25N3O5/c1-26-16-4-3-15(18(9-16)27-2)12-23-7-6-21-20(25)17(23)10-19(24)22-11-14-5-8-28-13-14/h3-5,8-9,13,17H,6-7,10-12H2,1-2H3,(H,21,25)(H,22,24)/t17-/m1/s1. The second-order valence-electron chi connectivity index (χ2n) is 6.57. The van der Waals surface area contributed by atoms with Gasteiger partial charge >= 0.3 is 0 Å². The van der Waals surface area contributed by atoms with Crippen LogP contribution in [0.15, 0.2) is 41.2 Å². The van der Waals surface area contributed by atoms with Gasteiger partial charge in [-0.2, -0.15) is 0 Å². The number of methoxy groups -OCH3 is 2. The SMILES string of the molecule is COc1ccc(CN2CCNC(=O)[C@H]2CC(=O)NCc2ccoc2)c(OC)c1. The molecule has 0 spiro atoms. The van der Waals surface area contributed by atoms with Gasteiger partial charge in [0.15, 0.2) is 0 Å². The van der Waals surface area contributed by atoms with E-state index >= 15 is 0 Å². The topological polar surface area (TPSA) is 93.0 Å². The molecular formula is C20H25N3O5. The molecule has 28 heavy (non-hydrogen) atoms. The van der Waals surface area contributed by atoms with Gasteiger partial charge < -0.3 is 24.5 Å². The fourth-order valence-electron chi connectivity index (χ4n) is 3.22. The Balaban J connectivity index is 1.66. The molecule has 2 aromatic rings. The van der Waals surface area contributed by atoms with Crippen molar-refractivity contribution in [1.82, 2.24) is 15.5 Å². The Hall–Kier alpha value is -3.00. The van der Waals surface area contributed by atoms with Crippen LogP contribution in [-0.2, 0) is 22.7 Å². The van der Waals surface area contributed by atoms with Gasteiger partial charge in [0.1, 0.15) is 11.5 Å². The molecule has 150 valence electrons. The quantitative estimate of drug-likeness (QED) is 0.709. The van der Waals surface area contributed by atoms with Gasteiger partial charge in [-0.05, 0) is 12.1 Å². The average Bonchev–Trinajstić information content (AvgIpc) is 3.23. The summed E-state index contributed by atoms with van der Waals surface area (Å²) in [6.07, 6.45) is 3.22. The number of amides is 2. The zero-order chi connectivity index (χ0) is 19.9. The number of nitrogens with one attached hydrogen (secondary N) is 2. The zero-order valence-corrected chi connectivity index (χ0v) is 16.1. The lowest BCUT2D eigenvalue weighted by atomic mass is 10.1. The Bertz CT molecular complexity index is 806. The Morgan fingerprint density at radius 3 is 2.89 bits per heavy atom. The summed E-state index contributed by atoms with van der Waals surface area (Å²) >= 11 is 0. The van der Waals surface area contributed by atoms with Crippen LogP contribution in [0.2, 0.25) is 0 Å². The maximum absolute atomic E-state index is 12.4. The first-order valence-electron chi connectivity index (χ1n) is 9.11. The first-order chi connectivity index (χ1) is 13.6. The molecule has 1 saturated heterocycles. The molecule has 1 aliphatic rings. The number of benzene rings is 1. The highest BCUT2D eigenvalue weighted by molar-refractivity contribution is 5.88. The van der Waals surface area contributed by atoms with E-state index in [4.69, 9.17) is 13.9 Å². The minimum Gasteiger partial charge on any atom is -0.497 e. The van der Waals surface area contributed by atoms with Crippen molar-refractivity contribution in [2.75, 3.05) is 27.3 Å². The van der Waals surface area contributed by atoms with E-state index in [9.17, 15) is 9.59 Å². The first kappa shape index (κ1) is 19.8. The van der Waals surface area contributed by atoms with Crippen molar-refractivity contribution in [3.8, 4) is 11.5 Å². The van der Waals surface area contributed by atoms with Crippen LogP contribution in [-0.4, -0.2) is 50.1 Å². The van der Waals surface area contributed by atoms with Crippen LogP contribution >= 0.6 is 0 Å². The molecule has 0 radical (unpaired) electrons. The van der Waals surface area contributed by atoms with Crippen molar-refractivity contribution >= 4 is 11.8 Å². The number of carbonyl (C=O) groups is 2. The van der Waals surface area contributed by atoms with Crippen LogP contribution in [0.4, 0.5) is 0 Å². The minimum atomic E-state index is -0.537. The van der Waals surface area contributed by atoms with E-state index in [0.717, 1.165) is 11.1 Å². The van der Waals surface area contributed by atoms with Crippen LogP contribution in [0, 0.1) is 0 Å². The highest BCUT2D eigenvalue weighted by atomic mass is 16.5. The van der Waals surface area contributed by atoms with Crippen LogP contribution < -0.4 is 20.1 Å². The smallest absolute Gasteiger partial charge is 0.237 e. The van der Waals surface area contributed by atoms with E-state index in [1.54, 1.807) is 32.8 Å². The molecular weight excluding hydrogens is 362 g/mol. The zero-order valence-electron chi connectivity index (χ0n) is 16.1. The summed E-state index contributed by atoms with van der Waals surface area (Å²) in [5, 5.41) is 5.67. The van der Waals surface area contributed by atoms with Crippen molar-refractivity contribution in [3.05, 3.63) is 47.9 Å². The van der Waals surface area contributed by atoms with Crippen molar-refractivity contribution in [3.63, 3.8) is 0 Å². The molecule has 2 amide bonds. The van der Waals surface area contributed by atoms with E-state index in [1.807, 2.05) is 23.1 Å². The maximum Gasteiger partial charge on any atom is 0.237 e. The summed E-state index contributed by atoms with van der Waals surface area (Å²) in [5.41, 5.74) is 1.81. The third-order valence-electron chi connectivity index (χ3n) is 4.76. The van der Waals surface area contributed by atoms with Crippen LogP contribution in [0.5, 0.6) is 11.5 Å². The van der Waals surface area contributed by atoms with Gasteiger partial charge in [0.25, 0.3) is 0 Å². The van der Waals surface area contributed by atoms with Gasteiger partial charge in [-0.3, -0.25) is 14.5 Å². The third-order valence-corrected chi connectivity index (χ3v) is 4.76. The van der Waals surface area contributed by atoms with E-state index in [1.165, 1.54) is 0 Å². The number of rotatable bonds is 8. The monoisotopic (exact) mass is 387 g/mol. The summed E-state index contributed by atoms with van der Waals surface area (Å²) in [4.78, 5) is 26.8. The van der Waals surface area contributed by atoms with Crippen molar-refractivity contribution in [1.29, 1.82) is 0 Å². The summed E-state index contributed by atoms with van der Waals surface area (Å²) in [6.45, 7) is 2.07. The fourth-order valence-corrected chi connectivity index (χ4v) is 3.22. The Kier molecular flexibility index (Phi) is 6.54. The molecule has 1 atom stereocenters. The molecule has 2 N–H and O–H groups in total. The molecule has 0 aliphatic carbocycles. The lowest BCUT2D eigenvalue weighted by Crippen LogP contribution is -2.56. The second kappa shape index (κ2) is 9.27. The molecule has 3 rings (SSSR count). The van der Waals surface area contributed by atoms with Crippen molar-refractivity contribution < 1.29 is 23.5 Å². The molecule has 0 bridgehead atoms. The Morgan fingerprint density at radius 2 is 2.18 bits per heavy atom. The number of hydrogen-bond donors (Lipinski definition) is 2. The summed E-state index contributed by atoms with van der Waals surface area (Å²) in [5.74, 6) is 1.06. The van der Waals surface area contributed by atoms with Gasteiger partial charge in [-0.25, -0.2) is 0 Å². The number of hydrogen-bond acceptors (Lipinski definition) is 6. The molecule has 1 aliphatic heterocycles. The number of nitrogens with zero attached hydrogens (tertiary/aromatic N) is 1. The summed E-state index contributed by atoms with van der Waals surface area (Å²) in [7, 11) is 3.20. The third kappa shape index (κ3) is 4.83. The van der Waals surface area contributed by atoms with Gasteiger partial charge in [0.2, 0.25) is 11.8 Å². The molecule has 1 aromatic carbocycles. The predicted octanol–water partition coefficient (Wildman–Crippen LogP) is 1.30. The fraction of sp³-hybridized carbons (Fsp3) is 0.400. The number of piperazine rings is 1. The highest BCUT2D eigenvalue weighted by Gasteiger charge is 2.32. The maximum atomic E-state index is 12.4. The van der Waals surface area contributed by atoms with Crippen molar-refractivity contribution in [2.45, 2.75) is 25.6 Å². The Labute approximate surface area is 163 Å². The normalized spacial score (nSPS) is 17.1. The molecule has 8 heteroatoms. The number of furan rings is 1. The van der Waals surface area contributed by atoms with E-state index in [2.05, 4.69) is 10.6 Å². The second-order valence-corrected chi connectivity index (χ2v) is 6.57. The number of carbonyl (C=O) groups excluding carboxylic acids is 2. The summed E-state index contributed by atoms with van der Waals surface area (Å²) in [6, 6.07) is 6.83. The van der Waals surface area contributed by atoms with Gasteiger partial charge in [0, 0.05) is 43.4 Å². The van der Waals surface area contributed by atoms with Crippen LogP contribution in [0.25, 0.3) is 0 Å². The molecule has 0 unspecified atom stereocenters. The minimum absolute atomic E-state index is 0.0855. The molecule has 8 nitrogen and oxygen atoms in total. The molecule has 0 saturated carbocycles. The molecule has 1 fully saturated rings. The number of ether oxygens (including phenoxy) is 2. The van der Waals surface area contributed by atoms with E-state index < -0.39 is 6.04 Å². The molecule has 1 aromatic heterocycles.